The molecule has 70 valence electrons. The lowest BCUT2D eigenvalue weighted by Gasteiger charge is -2.03. The number of ketones is 1. The third-order valence-electron chi connectivity index (χ3n) is 1.59. The minimum absolute atomic E-state index is 0.000648. The van der Waals surface area contributed by atoms with Crippen LogP contribution in [0.1, 0.15) is 17.3 Å². The molecule has 0 aliphatic carbocycles. The second-order valence-electron chi connectivity index (χ2n) is 2.65. The van der Waals surface area contributed by atoms with Gasteiger partial charge in [-0.2, -0.15) is 0 Å². The number of phenolic OH excluding ortho intramolecular Hbond substituents is 1. The first-order valence-electron chi connectivity index (χ1n) is 3.69. The monoisotopic (exact) mass is 306 g/mol. The van der Waals surface area contributed by atoms with Crippen molar-refractivity contribution in [2.75, 3.05) is 0 Å². The van der Waals surface area contributed by atoms with Crippen LogP contribution in [0.25, 0.3) is 0 Å². The number of benzene rings is 1. The van der Waals surface area contributed by atoms with Gasteiger partial charge in [0.2, 0.25) is 0 Å². The molecule has 1 aromatic rings. The molecular weight excluding hydrogens is 300 g/mol. The summed E-state index contributed by atoms with van der Waals surface area (Å²) in [6.45, 7) is 1.77. The largest absolute Gasteiger partial charge is 0.507 e. The summed E-state index contributed by atoms with van der Waals surface area (Å²) in [4.78, 5) is 11.3. The fourth-order valence-corrected chi connectivity index (χ4v) is 1.53. The number of Topliss-reactive ketones (excluding diaryl/α,β-unsaturated/α-hetero) is 1. The maximum absolute atomic E-state index is 11.5. The summed E-state index contributed by atoms with van der Waals surface area (Å²) in [6, 6.07) is 4.70. The Morgan fingerprint density at radius 3 is 2.62 bits per heavy atom. The topological polar surface area (TPSA) is 37.3 Å². The van der Waals surface area contributed by atoms with Gasteiger partial charge >= 0.3 is 0 Å². The molecule has 2 nitrogen and oxygen atoms in total. The minimum atomic E-state index is -0.205. The number of hydrogen-bond donors (Lipinski definition) is 1. The smallest absolute Gasteiger partial charge is 0.176 e. The van der Waals surface area contributed by atoms with Crippen LogP contribution in [0.5, 0.6) is 5.75 Å². The SMILES string of the molecule is CC(Br)C(=O)c1ccc(O)c(Br)c1. The highest BCUT2D eigenvalue weighted by molar-refractivity contribution is 9.10. The number of rotatable bonds is 2. The first-order chi connectivity index (χ1) is 6.02. The van der Waals surface area contributed by atoms with Crippen molar-refractivity contribution in [3.63, 3.8) is 0 Å². The van der Waals surface area contributed by atoms with E-state index in [2.05, 4.69) is 31.9 Å². The second-order valence-corrected chi connectivity index (χ2v) is 4.87. The standard InChI is InChI=1S/C9H8Br2O2/c1-5(10)9(13)6-2-3-8(12)7(11)4-6/h2-5,12H,1H3. The van der Waals surface area contributed by atoms with E-state index in [1.165, 1.54) is 6.07 Å². The van der Waals surface area contributed by atoms with Crippen molar-refractivity contribution in [3.8, 4) is 5.75 Å². The van der Waals surface area contributed by atoms with E-state index >= 15 is 0 Å². The Morgan fingerprint density at radius 1 is 1.54 bits per heavy atom. The molecule has 0 aliphatic heterocycles. The molecule has 0 amide bonds. The summed E-state index contributed by atoms with van der Waals surface area (Å²) in [6.07, 6.45) is 0. The summed E-state index contributed by atoms with van der Waals surface area (Å²) in [5.41, 5.74) is 0.578. The number of alkyl halides is 1. The third kappa shape index (κ3) is 2.54. The van der Waals surface area contributed by atoms with Gasteiger partial charge in [-0.25, -0.2) is 0 Å². The van der Waals surface area contributed by atoms with Crippen molar-refractivity contribution in [2.45, 2.75) is 11.8 Å². The van der Waals surface area contributed by atoms with Crippen molar-refractivity contribution in [3.05, 3.63) is 28.2 Å². The molecule has 0 spiro atoms. The summed E-state index contributed by atoms with van der Waals surface area (Å²) < 4.78 is 0.534. The van der Waals surface area contributed by atoms with E-state index in [4.69, 9.17) is 0 Å². The predicted octanol–water partition coefficient (Wildman–Crippen LogP) is 3.12. The van der Waals surface area contributed by atoms with Crippen LogP contribution < -0.4 is 0 Å². The molecule has 0 saturated heterocycles. The molecule has 0 aromatic heterocycles. The van der Waals surface area contributed by atoms with E-state index < -0.39 is 0 Å². The van der Waals surface area contributed by atoms with Crippen molar-refractivity contribution in [1.29, 1.82) is 0 Å². The zero-order valence-corrected chi connectivity index (χ0v) is 10.1. The molecule has 1 unspecified atom stereocenters. The fourth-order valence-electron chi connectivity index (χ4n) is 0.890. The summed E-state index contributed by atoms with van der Waals surface area (Å²) in [5, 5.41) is 9.19. The first-order valence-corrected chi connectivity index (χ1v) is 5.40. The zero-order valence-electron chi connectivity index (χ0n) is 6.92. The van der Waals surface area contributed by atoms with Gasteiger partial charge in [0, 0.05) is 5.56 Å². The molecule has 0 saturated carbocycles. The highest BCUT2D eigenvalue weighted by atomic mass is 79.9. The number of aromatic hydroxyl groups is 1. The zero-order chi connectivity index (χ0) is 10.0. The number of carbonyl (C=O) groups excluding carboxylic acids is 1. The Morgan fingerprint density at radius 2 is 2.15 bits per heavy atom. The fraction of sp³-hybridized carbons (Fsp3) is 0.222. The number of carbonyl (C=O) groups is 1. The predicted molar refractivity (Wildman–Crippen MR) is 58.5 cm³/mol. The third-order valence-corrected chi connectivity index (χ3v) is 2.64. The number of hydrogen-bond acceptors (Lipinski definition) is 2. The molecule has 0 radical (unpaired) electrons. The van der Waals surface area contributed by atoms with Crippen molar-refractivity contribution in [2.24, 2.45) is 0 Å². The highest BCUT2D eigenvalue weighted by Crippen LogP contribution is 2.25. The van der Waals surface area contributed by atoms with Crippen LogP contribution in [-0.2, 0) is 0 Å². The average molecular weight is 308 g/mol. The molecule has 0 bridgehead atoms. The number of halogens is 2. The summed E-state index contributed by atoms with van der Waals surface area (Å²) in [5.74, 6) is 0.138. The molecule has 0 fully saturated rings. The van der Waals surface area contributed by atoms with Crippen molar-refractivity contribution >= 4 is 37.6 Å². The van der Waals surface area contributed by atoms with E-state index in [9.17, 15) is 9.90 Å². The maximum Gasteiger partial charge on any atom is 0.176 e. The van der Waals surface area contributed by atoms with Crippen molar-refractivity contribution in [1.82, 2.24) is 0 Å². The van der Waals surface area contributed by atoms with Crippen LogP contribution in [0.3, 0.4) is 0 Å². The van der Waals surface area contributed by atoms with E-state index in [1.807, 2.05) is 0 Å². The molecule has 1 rings (SSSR count). The molecule has 1 atom stereocenters. The lowest BCUT2D eigenvalue weighted by Crippen LogP contribution is -2.09. The van der Waals surface area contributed by atoms with Gasteiger partial charge in [-0.15, -0.1) is 0 Å². The lowest BCUT2D eigenvalue weighted by atomic mass is 10.1. The first kappa shape index (κ1) is 10.7. The molecule has 0 heterocycles. The van der Waals surface area contributed by atoms with Crippen LogP contribution in [-0.4, -0.2) is 15.7 Å². The molecule has 1 N–H and O–H groups in total. The van der Waals surface area contributed by atoms with E-state index in [-0.39, 0.29) is 16.4 Å². The van der Waals surface area contributed by atoms with Crippen LogP contribution in [0.2, 0.25) is 0 Å². The minimum Gasteiger partial charge on any atom is -0.507 e. The Bertz CT molecular complexity index is 334. The molecule has 1 aromatic carbocycles. The lowest BCUT2D eigenvalue weighted by molar-refractivity contribution is 0.0996. The quantitative estimate of drug-likeness (QED) is 0.673. The molecular formula is C9H8Br2O2. The van der Waals surface area contributed by atoms with E-state index in [0.717, 1.165) is 0 Å². The normalized spacial score (nSPS) is 12.5. The van der Waals surface area contributed by atoms with Gasteiger partial charge in [0.25, 0.3) is 0 Å². The average Bonchev–Trinajstić information content (AvgIpc) is 2.08. The Kier molecular flexibility index (Phi) is 3.50. The molecule has 13 heavy (non-hydrogen) atoms. The van der Waals surface area contributed by atoms with Crippen LogP contribution in [0.15, 0.2) is 22.7 Å². The van der Waals surface area contributed by atoms with E-state index in [0.29, 0.717) is 10.0 Å². The van der Waals surface area contributed by atoms with E-state index in [1.54, 1.807) is 19.1 Å². The van der Waals surface area contributed by atoms with Gasteiger partial charge in [0.05, 0.1) is 9.30 Å². The van der Waals surface area contributed by atoms with Crippen LogP contribution >= 0.6 is 31.9 Å². The Labute approximate surface area is 93.2 Å². The Hall–Kier alpha value is -0.350. The highest BCUT2D eigenvalue weighted by Gasteiger charge is 2.12. The van der Waals surface area contributed by atoms with Gasteiger partial charge < -0.3 is 5.11 Å². The van der Waals surface area contributed by atoms with Gasteiger partial charge in [-0.05, 0) is 41.1 Å². The van der Waals surface area contributed by atoms with Crippen molar-refractivity contribution < 1.29 is 9.90 Å². The van der Waals surface area contributed by atoms with Crippen LogP contribution in [0.4, 0.5) is 0 Å². The maximum atomic E-state index is 11.5. The molecule has 0 aliphatic rings. The van der Waals surface area contributed by atoms with Gasteiger partial charge in [-0.3, -0.25) is 4.79 Å². The summed E-state index contributed by atoms with van der Waals surface area (Å²) in [7, 11) is 0. The number of phenols is 1. The van der Waals surface area contributed by atoms with Gasteiger partial charge in [0.15, 0.2) is 5.78 Å². The summed E-state index contributed by atoms with van der Waals surface area (Å²) >= 11 is 6.34. The van der Waals surface area contributed by atoms with Gasteiger partial charge in [-0.1, -0.05) is 15.9 Å². The second kappa shape index (κ2) is 4.24. The Balaban J connectivity index is 3.04. The van der Waals surface area contributed by atoms with Gasteiger partial charge in [0.1, 0.15) is 5.75 Å². The van der Waals surface area contributed by atoms with Crippen LogP contribution in [0, 0.1) is 0 Å². The molecule has 4 heteroatoms.